The van der Waals surface area contributed by atoms with E-state index in [0.717, 1.165) is 32.4 Å². The van der Waals surface area contributed by atoms with E-state index >= 15 is 0 Å². The van der Waals surface area contributed by atoms with Gasteiger partial charge in [-0.15, -0.1) is 0 Å². The summed E-state index contributed by atoms with van der Waals surface area (Å²) in [5, 5.41) is 0. The molecule has 2 saturated heterocycles. The van der Waals surface area contributed by atoms with Gasteiger partial charge in [-0.2, -0.15) is 0 Å². The van der Waals surface area contributed by atoms with Crippen LogP contribution in [-0.4, -0.2) is 58.3 Å². The number of rotatable bonds is 4. The summed E-state index contributed by atoms with van der Waals surface area (Å²) in [4.78, 5) is 3.25. The molecule has 21 heavy (non-hydrogen) atoms. The lowest BCUT2D eigenvalue weighted by Gasteiger charge is -2.31. The van der Waals surface area contributed by atoms with Gasteiger partial charge >= 0.3 is 0 Å². The van der Waals surface area contributed by atoms with Gasteiger partial charge in [-0.3, -0.25) is 0 Å². The zero-order valence-electron chi connectivity index (χ0n) is 14.0. The maximum Gasteiger partial charge on any atom is 0.159 e. The zero-order chi connectivity index (χ0) is 15.1. The second kappa shape index (κ2) is 8.14. The first-order valence-corrected chi connectivity index (χ1v) is 8.55. The van der Waals surface area contributed by atoms with Crippen LogP contribution in [0, 0.1) is 11.8 Å². The Kier molecular flexibility index (Phi) is 6.50. The smallest absolute Gasteiger partial charge is 0.159 e. The van der Waals surface area contributed by atoms with Gasteiger partial charge in [0.1, 0.15) is 38.3 Å². The van der Waals surface area contributed by atoms with E-state index in [0.29, 0.717) is 0 Å². The molecule has 0 radical (unpaired) electrons. The van der Waals surface area contributed by atoms with Gasteiger partial charge in [-0.1, -0.05) is 12.8 Å². The molecule has 0 aromatic heterocycles. The number of quaternary nitrogens is 2. The number of piperazine rings is 1. The minimum absolute atomic E-state index is 0.0578. The molecule has 120 valence electrons. The normalized spacial score (nSPS) is 32.8. The van der Waals surface area contributed by atoms with Crippen molar-refractivity contribution in [3.05, 3.63) is 0 Å². The fraction of sp³-hybridized carbons (Fsp3) is 0.882. The van der Waals surface area contributed by atoms with Gasteiger partial charge in [0.15, 0.2) is 6.29 Å². The van der Waals surface area contributed by atoms with Crippen molar-refractivity contribution >= 4 is 0 Å². The third-order valence-corrected chi connectivity index (χ3v) is 4.71. The quantitative estimate of drug-likeness (QED) is 0.659. The Bertz CT molecular complexity index is 363. The molecule has 2 rings (SSSR count). The van der Waals surface area contributed by atoms with Gasteiger partial charge in [-0.25, -0.2) is 0 Å². The third kappa shape index (κ3) is 5.60. The molecule has 0 aromatic carbocycles. The van der Waals surface area contributed by atoms with Gasteiger partial charge in [0.25, 0.3) is 0 Å². The van der Waals surface area contributed by atoms with E-state index in [-0.39, 0.29) is 11.9 Å². The van der Waals surface area contributed by atoms with Crippen molar-refractivity contribution in [3.63, 3.8) is 0 Å². The fourth-order valence-corrected chi connectivity index (χ4v) is 2.86. The predicted molar refractivity (Wildman–Crippen MR) is 83.3 cm³/mol. The molecule has 0 bridgehead atoms. The molecule has 2 atom stereocenters. The van der Waals surface area contributed by atoms with Crippen molar-refractivity contribution < 1.29 is 19.3 Å². The third-order valence-electron chi connectivity index (χ3n) is 4.71. The van der Waals surface area contributed by atoms with Gasteiger partial charge in [0.2, 0.25) is 0 Å². The molecular formula is C17H32N2O2+2. The lowest BCUT2D eigenvalue weighted by atomic mass is 10.0. The standard InChI is InChI=1S/C17H30N2O2/c1-4-17(2,21-16-8-5-6-15-20-16)9-7-10-19-13-11-18(3)12-14-19/h16H,4-6,8,10-15H2,1-3H3/p+2/t16-,17+/m1/s1. The van der Waals surface area contributed by atoms with Crippen molar-refractivity contribution in [2.45, 2.75) is 51.4 Å². The predicted octanol–water partition coefficient (Wildman–Crippen LogP) is -0.885. The van der Waals surface area contributed by atoms with Crippen LogP contribution < -0.4 is 9.80 Å². The van der Waals surface area contributed by atoms with Crippen LogP contribution in [0.25, 0.3) is 0 Å². The SMILES string of the molecule is CC[C@@](C)(C#CC[NH+]1CC[NH+](C)CC1)O[C@@H]1CCCCO1. The zero-order valence-corrected chi connectivity index (χ0v) is 14.0. The Hall–Kier alpha value is -0.600. The van der Waals surface area contributed by atoms with Crippen molar-refractivity contribution in [2.75, 3.05) is 46.4 Å². The summed E-state index contributed by atoms with van der Waals surface area (Å²) < 4.78 is 11.8. The summed E-state index contributed by atoms with van der Waals surface area (Å²) in [5.41, 5.74) is -0.362. The van der Waals surface area contributed by atoms with E-state index in [9.17, 15) is 0 Å². The Morgan fingerprint density at radius 3 is 2.62 bits per heavy atom. The summed E-state index contributed by atoms with van der Waals surface area (Å²) in [6, 6.07) is 0. The van der Waals surface area contributed by atoms with Crippen LogP contribution in [0.3, 0.4) is 0 Å². The lowest BCUT2D eigenvalue weighted by molar-refractivity contribution is -1.000. The number of likely N-dealkylation sites (N-methyl/N-ethyl adjacent to an activating group) is 1. The molecule has 0 amide bonds. The second-order valence-corrected chi connectivity index (χ2v) is 6.68. The molecule has 0 aromatic rings. The van der Waals surface area contributed by atoms with Gasteiger partial charge in [0, 0.05) is 6.61 Å². The van der Waals surface area contributed by atoms with Crippen LogP contribution in [0.15, 0.2) is 0 Å². The van der Waals surface area contributed by atoms with Crippen LogP contribution >= 0.6 is 0 Å². The molecule has 4 nitrogen and oxygen atoms in total. The molecule has 2 aliphatic rings. The maximum absolute atomic E-state index is 6.13. The largest absolute Gasteiger partial charge is 0.353 e. The monoisotopic (exact) mass is 296 g/mol. The minimum atomic E-state index is -0.362. The van der Waals surface area contributed by atoms with E-state index < -0.39 is 0 Å². The van der Waals surface area contributed by atoms with Crippen LogP contribution in [0.5, 0.6) is 0 Å². The highest BCUT2D eigenvalue weighted by atomic mass is 16.7. The van der Waals surface area contributed by atoms with Crippen LogP contribution in [0.2, 0.25) is 0 Å². The number of hydrogen-bond donors (Lipinski definition) is 2. The Balaban J connectivity index is 1.81. The molecule has 2 heterocycles. The van der Waals surface area contributed by atoms with Crippen LogP contribution in [0.4, 0.5) is 0 Å². The van der Waals surface area contributed by atoms with Crippen molar-refractivity contribution in [1.29, 1.82) is 0 Å². The van der Waals surface area contributed by atoms with Crippen LogP contribution in [0.1, 0.15) is 39.5 Å². The molecule has 2 aliphatic heterocycles. The highest BCUT2D eigenvalue weighted by Crippen LogP contribution is 2.22. The number of nitrogens with one attached hydrogen (secondary N) is 2. The van der Waals surface area contributed by atoms with E-state index in [1.54, 1.807) is 9.80 Å². The first kappa shape index (κ1) is 16.8. The summed E-state index contributed by atoms with van der Waals surface area (Å²) in [6.07, 6.45) is 4.21. The average Bonchev–Trinajstić information content (AvgIpc) is 2.50. The summed E-state index contributed by atoms with van der Waals surface area (Å²) in [7, 11) is 2.27. The van der Waals surface area contributed by atoms with Gasteiger partial charge in [-0.05, 0) is 38.5 Å². The van der Waals surface area contributed by atoms with Crippen molar-refractivity contribution in [2.24, 2.45) is 0 Å². The van der Waals surface area contributed by atoms with Gasteiger partial charge in [0.05, 0.1) is 7.05 Å². The average molecular weight is 296 g/mol. The lowest BCUT2D eigenvalue weighted by Crippen LogP contribution is -3.26. The maximum atomic E-state index is 6.13. The Morgan fingerprint density at radius 1 is 1.24 bits per heavy atom. The summed E-state index contributed by atoms with van der Waals surface area (Å²) in [5.74, 6) is 6.75. The molecule has 2 fully saturated rings. The molecule has 0 saturated carbocycles. The van der Waals surface area contributed by atoms with Gasteiger partial charge < -0.3 is 19.3 Å². The van der Waals surface area contributed by atoms with E-state index in [4.69, 9.17) is 9.47 Å². The topological polar surface area (TPSA) is 27.3 Å². The molecule has 4 heteroatoms. The number of ether oxygens (including phenoxy) is 2. The highest BCUT2D eigenvalue weighted by Gasteiger charge is 2.27. The number of hydrogen-bond acceptors (Lipinski definition) is 2. The summed E-state index contributed by atoms with van der Waals surface area (Å²) in [6.45, 7) is 11.0. The molecule has 0 aliphatic carbocycles. The minimum Gasteiger partial charge on any atom is -0.353 e. The highest BCUT2D eigenvalue weighted by molar-refractivity contribution is 5.12. The van der Waals surface area contributed by atoms with Crippen molar-refractivity contribution in [1.82, 2.24) is 0 Å². The van der Waals surface area contributed by atoms with Crippen LogP contribution in [-0.2, 0) is 9.47 Å². The molecular weight excluding hydrogens is 264 g/mol. The molecule has 2 N–H and O–H groups in total. The van der Waals surface area contributed by atoms with E-state index in [1.807, 2.05) is 0 Å². The molecule has 0 unspecified atom stereocenters. The summed E-state index contributed by atoms with van der Waals surface area (Å²) >= 11 is 0. The fourth-order valence-electron chi connectivity index (χ4n) is 2.86. The van der Waals surface area contributed by atoms with E-state index in [1.165, 1.54) is 32.6 Å². The van der Waals surface area contributed by atoms with E-state index in [2.05, 4.69) is 32.7 Å². The van der Waals surface area contributed by atoms with Crippen molar-refractivity contribution in [3.8, 4) is 11.8 Å². The molecule has 0 spiro atoms. The Labute approximate surface area is 129 Å². The first-order valence-electron chi connectivity index (χ1n) is 8.55. The second-order valence-electron chi connectivity index (χ2n) is 6.68. The first-order chi connectivity index (χ1) is 10.1. The Morgan fingerprint density at radius 2 is 2.00 bits per heavy atom.